The Hall–Kier alpha value is -1.69. The maximum Gasteiger partial charge on any atom is 0.339 e. The number of nitrogens with zero attached hydrogens (tertiary/aromatic N) is 1. The summed E-state index contributed by atoms with van der Waals surface area (Å²) in [5.74, 6) is -0.730. The molecule has 1 aromatic carbocycles. The summed E-state index contributed by atoms with van der Waals surface area (Å²) in [4.78, 5) is 27.8. The monoisotopic (exact) mass is 350 g/mol. The highest BCUT2D eigenvalue weighted by Crippen LogP contribution is 2.40. The summed E-state index contributed by atoms with van der Waals surface area (Å²) in [7, 11) is 1.51. The number of unbranched alkanes of at least 4 members (excludes halogenated alkanes) is 3. The first kappa shape index (κ1) is 18.6. The molecule has 0 aliphatic carbocycles. The number of carbonyl (C=O) groups excluding carboxylic acids is 1. The van der Waals surface area contributed by atoms with Crippen LogP contribution in [0.5, 0.6) is 0 Å². The number of rotatable bonds is 8. The third-order valence-corrected chi connectivity index (χ3v) is 5.58. The van der Waals surface area contributed by atoms with E-state index >= 15 is 0 Å². The fourth-order valence-corrected chi connectivity index (χ4v) is 4.27. The van der Waals surface area contributed by atoms with E-state index in [4.69, 9.17) is 0 Å². The van der Waals surface area contributed by atoms with E-state index in [-0.39, 0.29) is 0 Å². The Labute approximate surface area is 147 Å². The van der Waals surface area contributed by atoms with Crippen LogP contribution in [0.1, 0.15) is 39.0 Å². The predicted molar refractivity (Wildman–Crippen MR) is 97.7 cm³/mol. The van der Waals surface area contributed by atoms with Crippen LogP contribution in [0, 0.1) is 0 Å². The molecule has 1 aromatic rings. The highest BCUT2D eigenvalue weighted by Gasteiger charge is 2.51. The van der Waals surface area contributed by atoms with Gasteiger partial charge in [-0.25, -0.2) is 4.79 Å². The maximum atomic E-state index is 12.7. The average Bonchev–Trinajstić information content (AvgIpc) is 2.61. The summed E-state index contributed by atoms with van der Waals surface area (Å²) < 4.78 is 0. The van der Waals surface area contributed by atoms with Gasteiger partial charge in [-0.2, -0.15) is 0 Å². The van der Waals surface area contributed by atoms with Crippen molar-refractivity contribution >= 4 is 29.3 Å². The molecule has 0 aromatic heterocycles. The van der Waals surface area contributed by atoms with Gasteiger partial charge in [0, 0.05) is 24.2 Å². The molecule has 6 heteroatoms. The lowest BCUT2D eigenvalue weighted by Gasteiger charge is -2.43. The van der Waals surface area contributed by atoms with Gasteiger partial charge < -0.3 is 15.3 Å². The van der Waals surface area contributed by atoms with Crippen LogP contribution >= 0.6 is 11.8 Å². The molecule has 1 aliphatic rings. The topological polar surface area (TPSA) is 69.6 Å². The Morgan fingerprint density at radius 3 is 2.71 bits per heavy atom. The quantitative estimate of drug-likeness (QED) is 0.557. The van der Waals surface area contributed by atoms with E-state index in [1.54, 1.807) is 16.7 Å². The molecule has 0 saturated carbocycles. The summed E-state index contributed by atoms with van der Waals surface area (Å²) in [6.45, 7) is 2.66. The minimum absolute atomic E-state index is 0.320. The number of hydrogen-bond donors (Lipinski definition) is 2. The molecule has 24 heavy (non-hydrogen) atoms. The summed E-state index contributed by atoms with van der Waals surface area (Å²) in [5, 5.41) is 12.6. The highest BCUT2D eigenvalue weighted by molar-refractivity contribution is 7.99. The molecule has 0 radical (unpaired) electrons. The van der Waals surface area contributed by atoms with E-state index in [0.717, 1.165) is 42.0 Å². The molecular weight excluding hydrogens is 324 g/mol. The summed E-state index contributed by atoms with van der Waals surface area (Å²) in [5.41, 5.74) is -0.699. The number of likely N-dealkylation sites (N-methyl/N-ethyl adjacent to an activating group) is 1. The number of anilines is 1. The predicted octanol–water partition coefficient (Wildman–Crippen LogP) is 3.14. The molecule has 1 heterocycles. The molecule has 0 bridgehead atoms. The van der Waals surface area contributed by atoms with Crippen molar-refractivity contribution in [2.45, 2.75) is 49.5 Å². The number of carboxylic acids is 1. The van der Waals surface area contributed by atoms with Gasteiger partial charge in [0.15, 0.2) is 0 Å². The number of para-hydroxylation sites is 1. The van der Waals surface area contributed by atoms with E-state index in [0.29, 0.717) is 13.0 Å². The van der Waals surface area contributed by atoms with Gasteiger partial charge in [0.05, 0.1) is 5.69 Å². The van der Waals surface area contributed by atoms with Gasteiger partial charge in [-0.1, -0.05) is 38.3 Å². The van der Waals surface area contributed by atoms with Crippen molar-refractivity contribution < 1.29 is 14.7 Å². The zero-order valence-corrected chi connectivity index (χ0v) is 15.2. The number of carboxylic acid groups (broad SMARTS) is 1. The van der Waals surface area contributed by atoms with Crippen molar-refractivity contribution in [1.29, 1.82) is 0 Å². The molecule has 1 amide bonds. The molecular formula is C18H26N2O3S. The minimum Gasteiger partial charge on any atom is -0.479 e. The lowest BCUT2D eigenvalue weighted by Crippen LogP contribution is -2.64. The van der Waals surface area contributed by atoms with Crippen LogP contribution in [0.4, 0.5) is 5.69 Å². The molecule has 0 fully saturated rings. The van der Waals surface area contributed by atoms with Gasteiger partial charge in [0.2, 0.25) is 5.54 Å². The lowest BCUT2D eigenvalue weighted by atomic mass is 9.88. The fourth-order valence-electron chi connectivity index (χ4n) is 3.27. The molecule has 5 nitrogen and oxygen atoms in total. The lowest BCUT2D eigenvalue weighted by molar-refractivity contribution is -0.149. The molecule has 2 rings (SSSR count). The van der Waals surface area contributed by atoms with Crippen LogP contribution in [0.2, 0.25) is 0 Å². The summed E-state index contributed by atoms with van der Waals surface area (Å²) >= 11 is 1.71. The molecule has 1 atom stereocenters. The molecule has 0 spiro atoms. The van der Waals surface area contributed by atoms with E-state index < -0.39 is 17.4 Å². The second-order valence-electron chi connectivity index (χ2n) is 6.02. The molecule has 0 unspecified atom stereocenters. The van der Waals surface area contributed by atoms with Crippen LogP contribution in [0.3, 0.4) is 0 Å². The molecule has 132 valence electrons. The second-order valence-corrected chi connectivity index (χ2v) is 7.16. The van der Waals surface area contributed by atoms with Crippen LogP contribution in [-0.4, -0.2) is 41.9 Å². The molecule has 2 N–H and O–H groups in total. The van der Waals surface area contributed by atoms with E-state index in [1.807, 2.05) is 24.3 Å². The van der Waals surface area contributed by atoms with Gasteiger partial charge in [0.1, 0.15) is 0 Å². The van der Waals surface area contributed by atoms with Crippen molar-refractivity contribution in [3.8, 4) is 0 Å². The van der Waals surface area contributed by atoms with Crippen molar-refractivity contribution in [3.63, 3.8) is 0 Å². The van der Waals surface area contributed by atoms with Gasteiger partial charge in [-0.05, 0) is 25.0 Å². The van der Waals surface area contributed by atoms with Crippen molar-refractivity contribution in [2.24, 2.45) is 0 Å². The first-order valence-corrected chi connectivity index (χ1v) is 9.51. The number of fused-ring (bicyclic) bond motifs is 1. The Kier molecular flexibility index (Phi) is 6.54. The SMILES string of the molecule is CCCCCC[C@](C(=O)O)(C(=O)NC)N1CCSc2ccccc21. The van der Waals surface area contributed by atoms with Crippen LogP contribution < -0.4 is 10.2 Å². The molecule has 1 aliphatic heterocycles. The first-order chi connectivity index (χ1) is 11.6. The molecule has 0 saturated heterocycles. The maximum absolute atomic E-state index is 12.7. The highest BCUT2D eigenvalue weighted by atomic mass is 32.2. The van der Waals surface area contributed by atoms with Crippen LogP contribution in [0.15, 0.2) is 29.2 Å². The van der Waals surface area contributed by atoms with Crippen molar-refractivity contribution in [3.05, 3.63) is 24.3 Å². The van der Waals surface area contributed by atoms with E-state index in [9.17, 15) is 14.7 Å². The Balaban J connectivity index is 2.41. The van der Waals surface area contributed by atoms with Crippen LogP contribution in [0.25, 0.3) is 0 Å². The number of aliphatic carboxylic acids is 1. The van der Waals surface area contributed by atoms with Gasteiger partial charge in [-0.15, -0.1) is 11.8 Å². The Morgan fingerprint density at radius 2 is 2.04 bits per heavy atom. The average molecular weight is 350 g/mol. The summed E-state index contributed by atoms with van der Waals surface area (Å²) in [6.07, 6.45) is 4.10. The second kappa shape index (κ2) is 8.42. The van der Waals surface area contributed by atoms with E-state index in [1.165, 1.54) is 7.05 Å². The Morgan fingerprint density at radius 1 is 1.29 bits per heavy atom. The normalized spacial score (nSPS) is 16.2. The number of amides is 1. The van der Waals surface area contributed by atoms with Gasteiger partial charge >= 0.3 is 5.97 Å². The first-order valence-electron chi connectivity index (χ1n) is 8.53. The number of thioether (sulfide) groups is 1. The van der Waals surface area contributed by atoms with Gasteiger partial charge in [-0.3, -0.25) is 4.79 Å². The van der Waals surface area contributed by atoms with Gasteiger partial charge in [0.25, 0.3) is 5.91 Å². The Bertz CT molecular complexity index is 593. The standard InChI is InChI=1S/C18H26N2O3S/c1-3-4-5-8-11-18(17(22)23,16(21)19-2)20-12-13-24-15-10-7-6-9-14(15)20/h6-7,9-10H,3-5,8,11-13H2,1-2H3,(H,19,21)(H,22,23)/t18-/m1/s1. The third kappa shape index (κ3) is 3.53. The number of carbonyl (C=O) groups is 2. The smallest absolute Gasteiger partial charge is 0.339 e. The fraction of sp³-hybridized carbons (Fsp3) is 0.556. The minimum atomic E-state index is -1.54. The number of hydrogen-bond acceptors (Lipinski definition) is 4. The van der Waals surface area contributed by atoms with Crippen LogP contribution in [-0.2, 0) is 9.59 Å². The zero-order chi connectivity index (χ0) is 17.6. The number of nitrogens with one attached hydrogen (secondary N) is 1. The number of benzene rings is 1. The third-order valence-electron chi connectivity index (χ3n) is 4.54. The summed E-state index contributed by atoms with van der Waals surface area (Å²) in [6, 6.07) is 7.73. The van der Waals surface area contributed by atoms with Crippen molar-refractivity contribution in [1.82, 2.24) is 5.32 Å². The zero-order valence-electron chi connectivity index (χ0n) is 14.4. The van der Waals surface area contributed by atoms with Crippen molar-refractivity contribution in [2.75, 3.05) is 24.2 Å². The van der Waals surface area contributed by atoms with E-state index in [2.05, 4.69) is 12.2 Å². The largest absolute Gasteiger partial charge is 0.479 e.